The molecule has 0 radical (unpaired) electrons. The Morgan fingerprint density at radius 2 is 2.05 bits per heavy atom. The summed E-state index contributed by atoms with van der Waals surface area (Å²) in [6.45, 7) is 1.90. The number of halogens is 2. The monoisotopic (exact) mass is 338 g/mol. The van der Waals surface area contributed by atoms with Gasteiger partial charge in [-0.05, 0) is 52.2 Å². The molecule has 0 unspecified atom stereocenters. The van der Waals surface area contributed by atoms with Crippen LogP contribution >= 0.6 is 27.5 Å². The van der Waals surface area contributed by atoms with Crippen molar-refractivity contribution in [3.8, 4) is 0 Å². The number of amides is 1. The van der Waals surface area contributed by atoms with Crippen LogP contribution in [0.2, 0.25) is 5.02 Å². The minimum atomic E-state index is -0.0970. The van der Waals surface area contributed by atoms with Gasteiger partial charge in [-0.3, -0.25) is 4.79 Å². The van der Waals surface area contributed by atoms with E-state index in [2.05, 4.69) is 26.2 Å². The van der Waals surface area contributed by atoms with Crippen LogP contribution in [0.15, 0.2) is 41.0 Å². The molecule has 5 heteroatoms. The molecular weight excluding hydrogens is 328 g/mol. The number of benzene rings is 1. The third-order valence-electron chi connectivity index (χ3n) is 2.58. The highest BCUT2D eigenvalue weighted by atomic mass is 79.9. The predicted octanol–water partition coefficient (Wildman–Crippen LogP) is 3.99. The van der Waals surface area contributed by atoms with Crippen LogP contribution in [0.3, 0.4) is 0 Å². The van der Waals surface area contributed by atoms with Gasteiger partial charge in [0, 0.05) is 15.7 Å². The van der Waals surface area contributed by atoms with Crippen LogP contribution in [0.1, 0.15) is 11.1 Å². The van der Waals surface area contributed by atoms with Crippen molar-refractivity contribution in [2.45, 2.75) is 13.3 Å². The van der Waals surface area contributed by atoms with Crippen molar-refractivity contribution in [1.29, 1.82) is 0 Å². The molecule has 0 aliphatic rings. The maximum Gasteiger partial charge on any atom is 0.229 e. The number of nitrogens with one attached hydrogen (secondary N) is 1. The molecule has 1 heterocycles. The number of pyridine rings is 1. The van der Waals surface area contributed by atoms with Gasteiger partial charge in [-0.15, -0.1) is 0 Å². The summed E-state index contributed by atoms with van der Waals surface area (Å²) in [6, 6.07) is 9.12. The van der Waals surface area contributed by atoms with Gasteiger partial charge in [0.2, 0.25) is 5.91 Å². The number of aryl methyl sites for hydroxylation is 1. The zero-order valence-corrected chi connectivity index (χ0v) is 12.6. The molecule has 3 nitrogen and oxygen atoms in total. The Hall–Kier alpha value is -1.39. The number of carbonyl (C=O) groups is 1. The lowest BCUT2D eigenvalue weighted by molar-refractivity contribution is -0.115. The smallest absolute Gasteiger partial charge is 0.229 e. The molecule has 2 rings (SSSR count). The van der Waals surface area contributed by atoms with Gasteiger partial charge >= 0.3 is 0 Å². The van der Waals surface area contributed by atoms with Crippen LogP contribution in [0.25, 0.3) is 0 Å². The third kappa shape index (κ3) is 4.04. The Kier molecular flexibility index (Phi) is 4.56. The number of rotatable bonds is 3. The summed E-state index contributed by atoms with van der Waals surface area (Å²) < 4.78 is 0.890. The van der Waals surface area contributed by atoms with Crippen LogP contribution in [-0.4, -0.2) is 10.9 Å². The van der Waals surface area contributed by atoms with E-state index < -0.39 is 0 Å². The van der Waals surface area contributed by atoms with Crippen LogP contribution in [0.5, 0.6) is 0 Å². The van der Waals surface area contributed by atoms with Crippen molar-refractivity contribution in [3.05, 3.63) is 57.2 Å². The second-order valence-electron chi connectivity index (χ2n) is 4.17. The van der Waals surface area contributed by atoms with Crippen molar-refractivity contribution in [2.75, 3.05) is 5.32 Å². The summed E-state index contributed by atoms with van der Waals surface area (Å²) in [5.41, 5.74) is 1.83. The molecule has 19 heavy (non-hydrogen) atoms. The second kappa shape index (κ2) is 6.17. The standard InChI is InChI=1S/C14H12BrClN2O/c1-9-6-11(15)8-17-14(9)18-13(19)7-10-2-4-12(16)5-3-10/h2-6,8H,7H2,1H3,(H,17,18,19). The molecule has 0 aliphatic heterocycles. The topological polar surface area (TPSA) is 42.0 Å². The first-order valence-electron chi connectivity index (χ1n) is 5.71. The zero-order valence-electron chi connectivity index (χ0n) is 10.3. The molecule has 0 atom stereocenters. The Balaban J connectivity index is 2.03. The summed E-state index contributed by atoms with van der Waals surface area (Å²) in [6.07, 6.45) is 1.96. The quantitative estimate of drug-likeness (QED) is 0.919. The highest BCUT2D eigenvalue weighted by Gasteiger charge is 2.07. The van der Waals surface area contributed by atoms with E-state index in [1.165, 1.54) is 0 Å². The number of nitrogens with zero attached hydrogens (tertiary/aromatic N) is 1. The lowest BCUT2D eigenvalue weighted by Crippen LogP contribution is -2.16. The molecule has 0 saturated carbocycles. The SMILES string of the molecule is Cc1cc(Br)cnc1NC(=O)Cc1ccc(Cl)cc1. The minimum absolute atomic E-state index is 0.0970. The number of anilines is 1. The lowest BCUT2D eigenvalue weighted by atomic mass is 10.1. The van der Waals surface area contributed by atoms with Gasteiger partial charge < -0.3 is 5.32 Å². The third-order valence-corrected chi connectivity index (χ3v) is 3.27. The Bertz CT molecular complexity index is 599. The summed E-state index contributed by atoms with van der Waals surface area (Å²) >= 11 is 9.13. The summed E-state index contributed by atoms with van der Waals surface area (Å²) in [5, 5.41) is 3.46. The highest BCUT2D eigenvalue weighted by Crippen LogP contribution is 2.17. The molecule has 1 amide bonds. The summed E-state index contributed by atoms with van der Waals surface area (Å²) in [7, 11) is 0. The van der Waals surface area contributed by atoms with Gasteiger partial charge in [0.05, 0.1) is 6.42 Å². The van der Waals surface area contributed by atoms with E-state index in [0.29, 0.717) is 17.3 Å². The van der Waals surface area contributed by atoms with E-state index in [4.69, 9.17) is 11.6 Å². The normalized spacial score (nSPS) is 10.3. The second-order valence-corrected chi connectivity index (χ2v) is 5.52. The molecule has 1 aromatic heterocycles. The molecule has 0 bridgehead atoms. The van der Waals surface area contributed by atoms with Crippen LogP contribution in [-0.2, 0) is 11.2 Å². The maximum atomic E-state index is 11.9. The summed E-state index contributed by atoms with van der Waals surface area (Å²) in [5.74, 6) is 0.488. The Morgan fingerprint density at radius 3 is 2.68 bits per heavy atom. The number of hydrogen-bond acceptors (Lipinski definition) is 2. The molecule has 2 aromatic rings. The fraction of sp³-hybridized carbons (Fsp3) is 0.143. The Morgan fingerprint density at radius 1 is 1.37 bits per heavy atom. The number of aromatic nitrogens is 1. The van der Waals surface area contributed by atoms with E-state index in [1.807, 2.05) is 25.1 Å². The van der Waals surface area contributed by atoms with Crippen molar-refractivity contribution in [3.63, 3.8) is 0 Å². The minimum Gasteiger partial charge on any atom is -0.310 e. The first-order chi connectivity index (χ1) is 9.04. The molecular formula is C14H12BrClN2O. The number of carbonyl (C=O) groups excluding carboxylic acids is 1. The van der Waals surface area contributed by atoms with Gasteiger partial charge in [0.1, 0.15) is 5.82 Å². The Labute approximate surface area is 125 Å². The largest absolute Gasteiger partial charge is 0.310 e. The predicted molar refractivity (Wildman–Crippen MR) is 80.5 cm³/mol. The van der Waals surface area contributed by atoms with E-state index in [9.17, 15) is 4.79 Å². The van der Waals surface area contributed by atoms with Crippen molar-refractivity contribution < 1.29 is 4.79 Å². The van der Waals surface area contributed by atoms with Gasteiger partial charge in [0.25, 0.3) is 0 Å². The zero-order chi connectivity index (χ0) is 13.8. The first kappa shape index (κ1) is 14.0. The molecule has 0 fully saturated rings. The van der Waals surface area contributed by atoms with Crippen LogP contribution in [0.4, 0.5) is 5.82 Å². The first-order valence-corrected chi connectivity index (χ1v) is 6.88. The fourth-order valence-corrected chi connectivity index (χ4v) is 2.21. The number of hydrogen-bond donors (Lipinski definition) is 1. The van der Waals surface area contributed by atoms with Crippen LogP contribution in [0, 0.1) is 6.92 Å². The van der Waals surface area contributed by atoms with E-state index in [1.54, 1.807) is 18.3 Å². The fourth-order valence-electron chi connectivity index (χ4n) is 1.64. The average molecular weight is 340 g/mol. The molecule has 1 aromatic carbocycles. The van der Waals surface area contributed by atoms with Gasteiger partial charge in [0.15, 0.2) is 0 Å². The molecule has 0 spiro atoms. The molecule has 0 aliphatic carbocycles. The van der Waals surface area contributed by atoms with E-state index in [0.717, 1.165) is 15.6 Å². The molecule has 1 N–H and O–H groups in total. The van der Waals surface area contributed by atoms with Gasteiger partial charge in [-0.2, -0.15) is 0 Å². The van der Waals surface area contributed by atoms with Crippen molar-refractivity contribution in [2.24, 2.45) is 0 Å². The van der Waals surface area contributed by atoms with Crippen LogP contribution < -0.4 is 5.32 Å². The van der Waals surface area contributed by atoms with Gasteiger partial charge in [-0.1, -0.05) is 23.7 Å². The van der Waals surface area contributed by atoms with E-state index in [-0.39, 0.29) is 5.91 Å². The van der Waals surface area contributed by atoms with E-state index >= 15 is 0 Å². The lowest BCUT2D eigenvalue weighted by Gasteiger charge is -2.07. The average Bonchev–Trinajstić information content (AvgIpc) is 2.36. The summed E-state index contributed by atoms with van der Waals surface area (Å²) in [4.78, 5) is 16.1. The maximum absolute atomic E-state index is 11.9. The van der Waals surface area contributed by atoms with Crippen molar-refractivity contribution >= 4 is 39.3 Å². The van der Waals surface area contributed by atoms with Gasteiger partial charge in [-0.25, -0.2) is 4.98 Å². The highest BCUT2D eigenvalue weighted by molar-refractivity contribution is 9.10. The molecule has 98 valence electrons. The molecule has 0 saturated heterocycles. The van der Waals surface area contributed by atoms with Crippen molar-refractivity contribution in [1.82, 2.24) is 4.98 Å².